The van der Waals surface area contributed by atoms with Gasteiger partial charge in [-0.15, -0.1) is 0 Å². The molecule has 0 aliphatic carbocycles. The number of carbonyl (C=O) groups excluding carboxylic acids is 1. The molecule has 22 heavy (non-hydrogen) atoms. The number of benzene rings is 1. The standard InChI is InChI=1S/C15H22N2O4S/c1-10-6-11(2)9-17(8-10)22(19,20)12-4-5-14(21-3)13(7-12)15(16)18/h4-5,7,10-11H,6,8-9H2,1-3H3,(H2,16,18)/t10-,11+. The van der Waals surface area contributed by atoms with Gasteiger partial charge in [-0.05, 0) is 36.5 Å². The largest absolute Gasteiger partial charge is 0.496 e. The fraction of sp³-hybridized carbons (Fsp3) is 0.533. The molecular formula is C15H22N2O4S. The highest BCUT2D eigenvalue weighted by Crippen LogP contribution is 2.29. The number of rotatable bonds is 4. The number of carbonyl (C=O) groups is 1. The second kappa shape index (κ2) is 6.26. The Morgan fingerprint density at radius 1 is 1.27 bits per heavy atom. The van der Waals surface area contributed by atoms with Crippen LogP contribution in [0.3, 0.4) is 0 Å². The number of ether oxygens (including phenoxy) is 1. The number of hydrogen-bond donors (Lipinski definition) is 1. The maximum Gasteiger partial charge on any atom is 0.252 e. The van der Waals surface area contributed by atoms with Crippen LogP contribution in [0.2, 0.25) is 0 Å². The van der Waals surface area contributed by atoms with Gasteiger partial charge in [-0.3, -0.25) is 4.79 Å². The van der Waals surface area contributed by atoms with Gasteiger partial charge in [0.15, 0.2) is 0 Å². The molecule has 1 aliphatic heterocycles. The topological polar surface area (TPSA) is 89.7 Å². The van der Waals surface area contributed by atoms with Gasteiger partial charge >= 0.3 is 0 Å². The van der Waals surface area contributed by atoms with Gasteiger partial charge in [-0.1, -0.05) is 13.8 Å². The zero-order valence-corrected chi connectivity index (χ0v) is 13.9. The number of nitrogens with zero attached hydrogens (tertiary/aromatic N) is 1. The van der Waals surface area contributed by atoms with Crippen molar-refractivity contribution in [3.8, 4) is 5.75 Å². The molecule has 0 aromatic heterocycles. The summed E-state index contributed by atoms with van der Waals surface area (Å²) in [5.74, 6) is 0.181. The van der Waals surface area contributed by atoms with Crippen molar-refractivity contribution in [1.29, 1.82) is 0 Å². The molecule has 0 spiro atoms. The molecule has 1 aromatic rings. The van der Waals surface area contributed by atoms with E-state index in [1.807, 2.05) is 13.8 Å². The van der Waals surface area contributed by atoms with Crippen molar-refractivity contribution in [1.82, 2.24) is 4.31 Å². The zero-order chi connectivity index (χ0) is 16.5. The number of piperidine rings is 1. The molecule has 1 fully saturated rings. The normalized spacial score (nSPS) is 23.2. The summed E-state index contributed by atoms with van der Waals surface area (Å²) < 4.78 is 32.1. The highest BCUT2D eigenvalue weighted by molar-refractivity contribution is 7.89. The van der Waals surface area contributed by atoms with E-state index in [4.69, 9.17) is 10.5 Å². The zero-order valence-electron chi connectivity index (χ0n) is 13.1. The van der Waals surface area contributed by atoms with Gasteiger partial charge in [0.1, 0.15) is 5.75 Å². The van der Waals surface area contributed by atoms with Crippen LogP contribution < -0.4 is 10.5 Å². The molecule has 0 saturated carbocycles. The first-order chi connectivity index (χ1) is 10.3. The van der Waals surface area contributed by atoms with Crippen LogP contribution in [0.1, 0.15) is 30.6 Å². The van der Waals surface area contributed by atoms with Crippen molar-refractivity contribution in [3.05, 3.63) is 23.8 Å². The summed E-state index contributed by atoms with van der Waals surface area (Å²) in [4.78, 5) is 11.5. The molecule has 2 N–H and O–H groups in total. The fourth-order valence-electron chi connectivity index (χ4n) is 2.99. The summed E-state index contributed by atoms with van der Waals surface area (Å²) in [5, 5.41) is 0. The molecule has 1 heterocycles. The van der Waals surface area contributed by atoms with Crippen molar-refractivity contribution < 1.29 is 17.9 Å². The Morgan fingerprint density at radius 3 is 2.36 bits per heavy atom. The minimum atomic E-state index is -3.64. The average Bonchev–Trinajstić information content (AvgIpc) is 2.45. The number of amides is 1. The Balaban J connectivity index is 2.41. The van der Waals surface area contributed by atoms with Crippen LogP contribution in [-0.4, -0.2) is 38.8 Å². The lowest BCUT2D eigenvalue weighted by Gasteiger charge is -2.34. The van der Waals surface area contributed by atoms with Gasteiger partial charge in [0.2, 0.25) is 10.0 Å². The van der Waals surface area contributed by atoms with E-state index in [1.54, 1.807) is 0 Å². The maximum atomic E-state index is 12.8. The molecule has 0 unspecified atom stereocenters. The second-order valence-corrected chi connectivity index (χ2v) is 7.93. The lowest BCUT2D eigenvalue weighted by Crippen LogP contribution is -2.42. The minimum Gasteiger partial charge on any atom is -0.496 e. The van der Waals surface area contributed by atoms with Crippen LogP contribution in [0, 0.1) is 11.8 Å². The molecule has 7 heteroatoms. The number of primary amides is 1. The molecule has 6 nitrogen and oxygen atoms in total. The second-order valence-electron chi connectivity index (χ2n) is 5.99. The smallest absolute Gasteiger partial charge is 0.252 e. The number of methoxy groups -OCH3 is 1. The predicted molar refractivity (Wildman–Crippen MR) is 83.2 cm³/mol. The van der Waals surface area contributed by atoms with Gasteiger partial charge in [0, 0.05) is 13.1 Å². The lowest BCUT2D eigenvalue weighted by molar-refractivity contribution is 0.0997. The fourth-order valence-corrected chi connectivity index (χ4v) is 4.70. The molecule has 1 saturated heterocycles. The van der Waals surface area contributed by atoms with Gasteiger partial charge < -0.3 is 10.5 Å². The van der Waals surface area contributed by atoms with Crippen LogP contribution in [0.4, 0.5) is 0 Å². The summed E-state index contributed by atoms with van der Waals surface area (Å²) in [6.07, 6.45) is 1.02. The van der Waals surface area contributed by atoms with Crippen LogP contribution >= 0.6 is 0 Å². The summed E-state index contributed by atoms with van der Waals surface area (Å²) in [7, 11) is -2.23. The van der Waals surface area contributed by atoms with Gasteiger partial charge in [-0.2, -0.15) is 4.31 Å². The first kappa shape index (κ1) is 16.8. The SMILES string of the molecule is COc1ccc(S(=O)(=O)N2C[C@H](C)C[C@H](C)C2)cc1C(N)=O. The van der Waals surface area contributed by atoms with E-state index in [-0.39, 0.29) is 16.2 Å². The minimum absolute atomic E-state index is 0.0710. The van der Waals surface area contributed by atoms with Crippen molar-refractivity contribution >= 4 is 15.9 Å². The third-order valence-electron chi connectivity index (χ3n) is 3.91. The molecular weight excluding hydrogens is 304 g/mol. The van der Waals surface area contributed by atoms with Crippen molar-refractivity contribution in [2.45, 2.75) is 25.2 Å². The van der Waals surface area contributed by atoms with Gasteiger partial charge in [-0.25, -0.2) is 8.42 Å². The first-order valence-electron chi connectivity index (χ1n) is 7.23. The van der Waals surface area contributed by atoms with Crippen LogP contribution in [0.5, 0.6) is 5.75 Å². The summed E-state index contributed by atoms with van der Waals surface area (Å²) in [6.45, 7) is 5.07. The summed E-state index contributed by atoms with van der Waals surface area (Å²) >= 11 is 0. The van der Waals surface area contributed by atoms with Crippen molar-refractivity contribution in [3.63, 3.8) is 0 Å². The maximum absolute atomic E-state index is 12.8. The third-order valence-corrected chi connectivity index (χ3v) is 5.74. The summed E-state index contributed by atoms with van der Waals surface area (Å²) in [6, 6.07) is 4.20. The third kappa shape index (κ3) is 3.25. The first-order valence-corrected chi connectivity index (χ1v) is 8.67. The van der Waals surface area contributed by atoms with E-state index in [9.17, 15) is 13.2 Å². The van der Waals surface area contributed by atoms with Crippen LogP contribution in [-0.2, 0) is 10.0 Å². The van der Waals surface area contributed by atoms with E-state index in [0.29, 0.717) is 24.9 Å². The van der Waals surface area contributed by atoms with E-state index >= 15 is 0 Å². The van der Waals surface area contributed by atoms with E-state index in [2.05, 4.69) is 0 Å². The molecule has 0 bridgehead atoms. The van der Waals surface area contributed by atoms with E-state index in [1.165, 1.54) is 29.6 Å². The van der Waals surface area contributed by atoms with Crippen molar-refractivity contribution in [2.24, 2.45) is 17.6 Å². The number of hydrogen-bond acceptors (Lipinski definition) is 4. The Kier molecular flexibility index (Phi) is 4.77. The molecule has 2 rings (SSSR count). The van der Waals surface area contributed by atoms with E-state index in [0.717, 1.165) is 6.42 Å². The Bertz CT molecular complexity index is 662. The Hall–Kier alpha value is -1.60. The highest BCUT2D eigenvalue weighted by Gasteiger charge is 2.32. The molecule has 122 valence electrons. The highest BCUT2D eigenvalue weighted by atomic mass is 32.2. The molecule has 2 atom stereocenters. The average molecular weight is 326 g/mol. The van der Waals surface area contributed by atoms with Crippen LogP contribution in [0.25, 0.3) is 0 Å². The Labute approximate surface area is 131 Å². The van der Waals surface area contributed by atoms with Gasteiger partial charge in [0.05, 0.1) is 17.6 Å². The Morgan fingerprint density at radius 2 is 1.86 bits per heavy atom. The molecule has 1 amide bonds. The predicted octanol–water partition coefficient (Wildman–Crippen LogP) is 1.46. The van der Waals surface area contributed by atoms with Crippen LogP contribution in [0.15, 0.2) is 23.1 Å². The lowest BCUT2D eigenvalue weighted by atomic mass is 9.94. The summed E-state index contributed by atoms with van der Waals surface area (Å²) in [5.41, 5.74) is 5.37. The molecule has 0 radical (unpaired) electrons. The molecule has 1 aromatic carbocycles. The molecule has 1 aliphatic rings. The number of sulfonamides is 1. The van der Waals surface area contributed by atoms with E-state index < -0.39 is 15.9 Å². The van der Waals surface area contributed by atoms with Gasteiger partial charge in [0.25, 0.3) is 5.91 Å². The monoisotopic (exact) mass is 326 g/mol. The number of nitrogens with two attached hydrogens (primary N) is 1. The quantitative estimate of drug-likeness (QED) is 0.907. The van der Waals surface area contributed by atoms with Crippen molar-refractivity contribution in [2.75, 3.05) is 20.2 Å².